The number of hydrogen-bond acceptors (Lipinski definition) is 0. The largest absolute Gasteiger partial charge is 0.117 e. The molecule has 0 aliphatic heterocycles. The minimum absolute atomic E-state index is 0.178. The van der Waals surface area contributed by atoms with E-state index < -0.39 is 0 Å². The Morgan fingerprint density at radius 3 is 2.37 bits per heavy atom. The van der Waals surface area contributed by atoms with Crippen molar-refractivity contribution in [1.82, 2.24) is 0 Å². The standard InChI is InChI=1S/C18H27Cl/c1-13(2)12-18(9-5-6-10-18)17(19)16-11-14(3)7-8-15(16)4/h7-8,11,13,17H,5-6,9-10,12H2,1-4H3. The maximum atomic E-state index is 6.99. The summed E-state index contributed by atoms with van der Waals surface area (Å²) >= 11 is 6.99. The Morgan fingerprint density at radius 2 is 1.79 bits per heavy atom. The van der Waals surface area contributed by atoms with Crippen LogP contribution in [-0.2, 0) is 0 Å². The highest BCUT2D eigenvalue weighted by atomic mass is 35.5. The van der Waals surface area contributed by atoms with Gasteiger partial charge in [0.25, 0.3) is 0 Å². The van der Waals surface area contributed by atoms with Crippen LogP contribution in [0.3, 0.4) is 0 Å². The Balaban J connectivity index is 2.33. The van der Waals surface area contributed by atoms with Crippen molar-refractivity contribution in [2.75, 3.05) is 0 Å². The Hall–Kier alpha value is -0.490. The zero-order valence-corrected chi connectivity index (χ0v) is 13.6. The van der Waals surface area contributed by atoms with Gasteiger partial charge in [0.15, 0.2) is 0 Å². The third-order valence-electron chi connectivity index (χ3n) is 4.66. The van der Waals surface area contributed by atoms with Crippen LogP contribution in [-0.4, -0.2) is 0 Å². The van der Waals surface area contributed by atoms with Crippen LogP contribution in [0.1, 0.15) is 68.0 Å². The van der Waals surface area contributed by atoms with Crippen LogP contribution in [0.2, 0.25) is 0 Å². The minimum Gasteiger partial charge on any atom is -0.117 e. The van der Waals surface area contributed by atoms with E-state index in [2.05, 4.69) is 45.9 Å². The summed E-state index contributed by atoms with van der Waals surface area (Å²) in [7, 11) is 0. The summed E-state index contributed by atoms with van der Waals surface area (Å²) < 4.78 is 0. The Labute approximate surface area is 123 Å². The highest BCUT2D eigenvalue weighted by Gasteiger charge is 2.41. The van der Waals surface area contributed by atoms with Crippen molar-refractivity contribution in [1.29, 1.82) is 0 Å². The molecule has 1 fully saturated rings. The number of alkyl halides is 1. The molecule has 0 N–H and O–H groups in total. The molecule has 1 atom stereocenters. The van der Waals surface area contributed by atoms with Gasteiger partial charge in [0.05, 0.1) is 5.38 Å². The van der Waals surface area contributed by atoms with Crippen molar-refractivity contribution < 1.29 is 0 Å². The molecule has 0 aromatic heterocycles. The van der Waals surface area contributed by atoms with E-state index in [9.17, 15) is 0 Å². The zero-order chi connectivity index (χ0) is 14.0. The fraction of sp³-hybridized carbons (Fsp3) is 0.667. The Morgan fingerprint density at radius 1 is 1.16 bits per heavy atom. The van der Waals surface area contributed by atoms with Gasteiger partial charge in [0.1, 0.15) is 0 Å². The van der Waals surface area contributed by atoms with Gasteiger partial charge in [-0.05, 0) is 55.6 Å². The van der Waals surface area contributed by atoms with Crippen molar-refractivity contribution in [3.63, 3.8) is 0 Å². The van der Waals surface area contributed by atoms with E-state index in [1.165, 1.54) is 48.8 Å². The van der Waals surface area contributed by atoms with Gasteiger partial charge in [0, 0.05) is 0 Å². The Bertz CT molecular complexity index is 427. The van der Waals surface area contributed by atoms with Gasteiger partial charge in [-0.3, -0.25) is 0 Å². The summed E-state index contributed by atoms with van der Waals surface area (Å²) in [4.78, 5) is 0. The number of rotatable bonds is 4. The topological polar surface area (TPSA) is 0 Å². The van der Waals surface area contributed by atoms with Gasteiger partial charge in [-0.15, -0.1) is 11.6 Å². The molecule has 0 amide bonds. The highest BCUT2D eigenvalue weighted by Crippen LogP contribution is 2.55. The van der Waals surface area contributed by atoms with Gasteiger partial charge < -0.3 is 0 Å². The number of halogens is 1. The van der Waals surface area contributed by atoms with Gasteiger partial charge >= 0.3 is 0 Å². The van der Waals surface area contributed by atoms with Crippen LogP contribution >= 0.6 is 11.6 Å². The second-order valence-corrected chi connectivity index (χ2v) is 7.33. The summed E-state index contributed by atoms with van der Waals surface area (Å²) in [5, 5.41) is 0.178. The third-order valence-corrected chi connectivity index (χ3v) is 5.36. The minimum atomic E-state index is 0.178. The molecule has 0 radical (unpaired) electrons. The number of aryl methyl sites for hydroxylation is 2. The lowest BCUT2D eigenvalue weighted by molar-refractivity contribution is 0.223. The molecule has 19 heavy (non-hydrogen) atoms. The Kier molecular flexibility index (Phi) is 4.61. The molecule has 106 valence electrons. The normalized spacial score (nSPS) is 19.9. The fourth-order valence-corrected chi connectivity index (χ4v) is 4.36. The summed E-state index contributed by atoms with van der Waals surface area (Å²) in [6, 6.07) is 6.71. The maximum Gasteiger partial charge on any atom is 0.0644 e. The van der Waals surface area contributed by atoms with Crippen molar-refractivity contribution in [2.45, 2.75) is 65.2 Å². The molecule has 1 aromatic rings. The van der Waals surface area contributed by atoms with E-state index in [4.69, 9.17) is 11.6 Å². The summed E-state index contributed by atoms with van der Waals surface area (Å²) in [5.74, 6) is 0.726. The van der Waals surface area contributed by atoms with Crippen LogP contribution in [0.25, 0.3) is 0 Å². The lowest BCUT2D eigenvalue weighted by Gasteiger charge is -2.36. The van der Waals surface area contributed by atoms with Gasteiger partial charge in [-0.25, -0.2) is 0 Å². The predicted molar refractivity (Wildman–Crippen MR) is 84.9 cm³/mol. The van der Waals surface area contributed by atoms with Gasteiger partial charge in [-0.2, -0.15) is 0 Å². The molecule has 0 bridgehead atoms. The average molecular weight is 279 g/mol. The van der Waals surface area contributed by atoms with E-state index in [1.54, 1.807) is 0 Å². The first-order valence-corrected chi connectivity index (χ1v) is 8.09. The summed E-state index contributed by atoms with van der Waals surface area (Å²) in [5.41, 5.74) is 4.36. The van der Waals surface area contributed by atoms with E-state index in [-0.39, 0.29) is 5.38 Å². The van der Waals surface area contributed by atoms with Crippen LogP contribution in [0.15, 0.2) is 18.2 Å². The SMILES string of the molecule is Cc1ccc(C)c(C(Cl)C2(CC(C)C)CCCC2)c1. The van der Waals surface area contributed by atoms with Gasteiger partial charge in [0.2, 0.25) is 0 Å². The molecular formula is C18H27Cl. The zero-order valence-electron chi connectivity index (χ0n) is 12.8. The third kappa shape index (κ3) is 3.16. The molecule has 0 saturated heterocycles. The van der Waals surface area contributed by atoms with Crippen molar-refractivity contribution >= 4 is 11.6 Å². The quantitative estimate of drug-likeness (QED) is 0.576. The first-order chi connectivity index (χ1) is 8.94. The number of hydrogen-bond donors (Lipinski definition) is 0. The van der Waals surface area contributed by atoms with E-state index >= 15 is 0 Å². The second kappa shape index (κ2) is 5.87. The summed E-state index contributed by atoms with van der Waals surface area (Å²) in [6.07, 6.45) is 6.55. The molecule has 0 nitrogen and oxygen atoms in total. The molecule has 1 aliphatic carbocycles. The summed E-state index contributed by atoms with van der Waals surface area (Å²) in [6.45, 7) is 9.01. The molecule has 1 saturated carbocycles. The molecule has 0 heterocycles. The van der Waals surface area contributed by atoms with Crippen molar-refractivity contribution in [2.24, 2.45) is 11.3 Å². The average Bonchev–Trinajstić information content (AvgIpc) is 2.80. The monoisotopic (exact) mass is 278 g/mol. The number of benzene rings is 1. The van der Waals surface area contributed by atoms with Gasteiger partial charge in [-0.1, -0.05) is 50.5 Å². The van der Waals surface area contributed by atoms with Crippen LogP contribution in [0.4, 0.5) is 0 Å². The van der Waals surface area contributed by atoms with E-state index in [0.29, 0.717) is 5.41 Å². The molecule has 0 spiro atoms. The fourth-order valence-electron chi connectivity index (χ4n) is 3.82. The first kappa shape index (κ1) is 14.9. The molecule has 1 heteroatoms. The first-order valence-electron chi connectivity index (χ1n) is 7.66. The molecule has 1 aromatic carbocycles. The van der Waals surface area contributed by atoms with Crippen molar-refractivity contribution in [3.8, 4) is 0 Å². The smallest absolute Gasteiger partial charge is 0.0644 e. The predicted octanol–water partition coefficient (Wildman–Crippen LogP) is 6.19. The van der Waals surface area contributed by atoms with Crippen LogP contribution in [0.5, 0.6) is 0 Å². The van der Waals surface area contributed by atoms with Crippen LogP contribution < -0.4 is 0 Å². The maximum absolute atomic E-state index is 6.99. The lowest BCUT2D eigenvalue weighted by Crippen LogP contribution is -2.25. The molecule has 2 rings (SSSR count). The molecule has 1 aliphatic rings. The lowest BCUT2D eigenvalue weighted by atomic mass is 9.73. The van der Waals surface area contributed by atoms with Crippen molar-refractivity contribution in [3.05, 3.63) is 34.9 Å². The molecule has 1 unspecified atom stereocenters. The van der Waals surface area contributed by atoms with Crippen LogP contribution in [0, 0.1) is 25.2 Å². The van der Waals surface area contributed by atoms with E-state index in [1.807, 2.05) is 0 Å². The molecular weight excluding hydrogens is 252 g/mol. The second-order valence-electron chi connectivity index (χ2n) is 6.89. The highest BCUT2D eigenvalue weighted by molar-refractivity contribution is 6.21. The van der Waals surface area contributed by atoms with E-state index in [0.717, 1.165) is 5.92 Å².